The molecule has 1 fully saturated rings. The van der Waals surface area contributed by atoms with Crippen molar-refractivity contribution >= 4 is 28.6 Å². The maximum absolute atomic E-state index is 5.54. The number of hydrogen-bond acceptors (Lipinski definition) is 5. The largest absolute Gasteiger partial charge is 0.381 e. The molecular formula is C25H26N4OS. The van der Waals surface area contributed by atoms with E-state index in [1.54, 1.807) is 18.1 Å². The summed E-state index contributed by atoms with van der Waals surface area (Å²) in [5, 5.41) is 4.75. The molecule has 0 unspecified atom stereocenters. The first-order valence-electron chi connectivity index (χ1n) is 10.6. The van der Waals surface area contributed by atoms with Crippen molar-refractivity contribution in [2.24, 2.45) is 0 Å². The Balaban J connectivity index is 1.71. The molecule has 158 valence electrons. The fourth-order valence-electron chi connectivity index (χ4n) is 4.19. The molecule has 4 aromatic rings. The molecule has 1 saturated heterocycles. The summed E-state index contributed by atoms with van der Waals surface area (Å²) in [6, 6.07) is 17.6. The third-order valence-electron chi connectivity index (χ3n) is 5.81. The lowest BCUT2D eigenvalue weighted by Gasteiger charge is -2.24. The maximum Gasteiger partial charge on any atom is 0.150 e. The smallest absolute Gasteiger partial charge is 0.150 e. The van der Waals surface area contributed by atoms with Gasteiger partial charge >= 0.3 is 0 Å². The monoisotopic (exact) mass is 430 g/mol. The Bertz CT molecular complexity index is 1210. The number of fused-ring (bicyclic) bond motifs is 1. The highest BCUT2D eigenvalue weighted by molar-refractivity contribution is 7.98. The summed E-state index contributed by atoms with van der Waals surface area (Å²) in [5.74, 6) is 0.896. The number of anilines is 1. The zero-order chi connectivity index (χ0) is 21.2. The van der Waals surface area contributed by atoms with Crippen LogP contribution in [-0.4, -0.2) is 40.0 Å². The number of thioether (sulfide) groups is 1. The van der Waals surface area contributed by atoms with Crippen molar-refractivity contribution in [1.29, 1.82) is 0 Å². The number of nitrogens with zero attached hydrogens (tertiary/aromatic N) is 3. The van der Waals surface area contributed by atoms with Crippen molar-refractivity contribution in [2.45, 2.75) is 30.7 Å². The lowest BCUT2D eigenvalue weighted by atomic mass is 10.1. The van der Waals surface area contributed by atoms with Crippen molar-refractivity contribution in [2.75, 3.05) is 24.8 Å². The molecule has 1 aliphatic rings. The summed E-state index contributed by atoms with van der Waals surface area (Å²) in [5.41, 5.74) is 5.56. The van der Waals surface area contributed by atoms with Crippen LogP contribution in [0.25, 0.3) is 27.8 Å². The van der Waals surface area contributed by atoms with Crippen LogP contribution >= 0.6 is 11.8 Å². The van der Waals surface area contributed by atoms with Gasteiger partial charge in [0.2, 0.25) is 0 Å². The summed E-state index contributed by atoms with van der Waals surface area (Å²) in [6.45, 7) is 3.70. The van der Waals surface area contributed by atoms with Crippen molar-refractivity contribution < 1.29 is 4.74 Å². The molecule has 0 spiro atoms. The fraction of sp³-hybridized carbons (Fsp3) is 0.280. The van der Waals surface area contributed by atoms with Gasteiger partial charge in [-0.3, -0.25) is 0 Å². The third-order valence-corrected chi connectivity index (χ3v) is 6.53. The minimum Gasteiger partial charge on any atom is -0.381 e. The predicted octanol–water partition coefficient (Wildman–Crippen LogP) is 5.71. The van der Waals surface area contributed by atoms with Gasteiger partial charge in [-0.25, -0.2) is 9.97 Å². The maximum atomic E-state index is 5.54. The van der Waals surface area contributed by atoms with Gasteiger partial charge in [0, 0.05) is 41.6 Å². The molecule has 3 heterocycles. The van der Waals surface area contributed by atoms with Crippen molar-refractivity contribution in [1.82, 2.24) is 14.5 Å². The van der Waals surface area contributed by atoms with E-state index in [1.807, 2.05) is 0 Å². The van der Waals surface area contributed by atoms with Gasteiger partial charge in [-0.1, -0.05) is 24.3 Å². The minimum absolute atomic E-state index is 0.361. The molecule has 2 aromatic carbocycles. The Labute approximate surface area is 186 Å². The highest BCUT2D eigenvalue weighted by Gasteiger charge is 2.21. The number of benzene rings is 2. The van der Waals surface area contributed by atoms with Crippen LogP contribution in [0, 0.1) is 6.92 Å². The lowest BCUT2D eigenvalue weighted by molar-refractivity contribution is 0.0904. The Morgan fingerprint density at radius 2 is 1.90 bits per heavy atom. The standard InChI is InChI=1S/C25H26N4OS/c1-17-5-3-7-20(13-17)29-15-22(18-6-4-8-21(14-18)31-2)23-24(26-16-27-25(23)29)28-19-9-11-30-12-10-19/h3-8,13-16,19H,9-12H2,1-2H3,(H,26,27,28). The van der Waals surface area contributed by atoms with Gasteiger partial charge in [-0.15, -0.1) is 11.8 Å². The van der Waals surface area contributed by atoms with Gasteiger partial charge in [0.25, 0.3) is 0 Å². The quantitative estimate of drug-likeness (QED) is 0.411. The van der Waals surface area contributed by atoms with Crippen LogP contribution in [0.5, 0.6) is 0 Å². The van der Waals surface area contributed by atoms with Crippen molar-refractivity contribution in [3.8, 4) is 16.8 Å². The van der Waals surface area contributed by atoms with Crippen LogP contribution in [0.2, 0.25) is 0 Å². The van der Waals surface area contributed by atoms with Crippen LogP contribution < -0.4 is 5.32 Å². The number of aryl methyl sites for hydroxylation is 1. The summed E-state index contributed by atoms with van der Waals surface area (Å²) < 4.78 is 7.72. The molecule has 0 bridgehead atoms. The molecule has 1 N–H and O–H groups in total. The first-order chi connectivity index (χ1) is 15.2. The average Bonchev–Trinajstić information content (AvgIpc) is 3.21. The fourth-order valence-corrected chi connectivity index (χ4v) is 4.65. The van der Waals surface area contributed by atoms with Crippen LogP contribution in [0.1, 0.15) is 18.4 Å². The Kier molecular flexibility index (Phi) is 5.66. The molecule has 0 amide bonds. The number of hydrogen-bond donors (Lipinski definition) is 1. The van der Waals surface area contributed by atoms with E-state index in [4.69, 9.17) is 9.72 Å². The van der Waals surface area contributed by atoms with Crippen LogP contribution in [0.15, 0.2) is 66.0 Å². The SMILES string of the molecule is CSc1cccc(-c2cn(-c3cccc(C)c3)c3ncnc(NC4CCOCC4)c23)c1. The first kappa shape index (κ1) is 20.1. The number of nitrogens with one attached hydrogen (secondary N) is 1. The summed E-state index contributed by atoms with van der Waals surface area (Å²) in [4.78, 5) is 10.6. The van der Waals surface area contributed by atoms with Crippen LogP contribution in [-0.2, 0) is 4.74 Å². The van der Waals surface area contributed by atoms with E-state index in [2.05, 4.69) is 82.8 Å². The molecule has 0 saturated carbocycles. The molecule has 0 atom stereocenters. The van der Waals surface area contributed by atoms with Gasteiger partial charge in [0.15, 0.2) is 5.65 Å². The van der Waals surface area contributed by atoms with Crippen molar-refractivity contribution in [3.05, 3.63) is 66.6 Å². The molecule has 0 aliphatic carbocycles. The van der Waals surface area contributed by atoms with E-state index in [0.717, 1.165) is 54.2 Å². The highest BCUT2D eigenvalue weighted by Crippen LogP contribution is 2.37. The Hall–Kier alpha value is -2.83. The van der Waals surface area contributed by atoms with E-state index < -0.39 is 0 Å². The molecular weight excluding hydrogens is 404 g/mol. The van der Waals surface area contributed by atoms with Gasteiger partial charge < -0.3 is 14.6 Å². The number of aromatic nitrogens is 3. The predicted molar refractivity (Wildman–Crippen MR) is 128 cm³/mol. The average molecular weight is 431 g/mol. The zero-order valence-corrected chi connectivity index (χ0v) is 18.7. The van der Waals surface area contributed by atoms with E-state index in [9.17, 15) is 0 Å². The van der Waals surface area contributed by atoms with Crippen molar-refractivity contribution in [3.63, 3.8) is 0 Å². The molecule has 31 heavy (non-hydrogen) atoms. The molecule has 0 radical (unpaired) electrons. The first-order valence-corrected chi connectivity index (χ1v) is 11.9. The second kappa shape index (κ2) is 8.73. The van der Waals surface area contributed by atoms with Gasteiger partial charge in [-0.2, -0.15) is 0 Å². The van der Waals surface area contributed by atoms with E-state index in [-0.39, 0.29) is 0 Å². The Morgan fingerprint density at radius 3 is 2.71 bits per heavy atom. The summed E-state index contributed by atoms with van der Waals surface area (Å²) in [6.07, 6.45) is 7.94. The molecule has 6 heteroatoms. The summed E-state index contributed by atoms with van der Waals surface area (Å²) in [7, 11) is 0. The van der Waals surface area contributed by atoms with Gasteiger partial charge in [0.1, 0.15) is 12.1 Å². The highest BCUT2D eigenvalue weighted by atomic mass is 32.2. The zero-order valence-electron chi connectivity index (χ0n) is 17.8. The normalized spacial score (nSPS) is 14.8. The summed E-state index contributed by atoms with van der Waals surface area (Å²) >= 11 is 1.75. The number of rotatable bonds is 5. The van der Waals surface area contributed by atoms with Gasteiger partial charge in [-0.05, 0) is 61.4 Å². The second-order valence-electron chi connectivity index (χ2n) is 7.94. The van der Waals surface area contributed by atoms with Crippen LogP contribution in [0.4, 0.5) is 5.82 Å². The lowest BCUT2D eigenvalue weighted by Crippen LogP contribution is -2.28. The molecule has 5 nitrogen and oxygen atoms in total. The van der Waals surface area contributed by atoms with Crippen LogP contribution in [0.3, 0.4) is 0 Å². The van der Waals surface area contributed by atoms with E-state index in [0.29, 0.717) is 6.04 Å². The Morgan fingerprint density at radius 1 is 1.06 bits per heavy atom. The minimum atomic E-state index is 0.361. The second-order valence-corrected chi connectivity index (χ2v) is 8.82. The molecule has 2 aromatic heterocycles. The van der Waals surface area contributed by atoms with Gasteiger partial charge in [0.05, 0.1) is 5.39 Å². The molecule has 5 rings (SSSR count). The number of ether oxygens (including phenoxy) is 1. The van der Waals surface area contributed by atoms with E-state index in [1.165, 1.54) is 16.0 Å². The molecule has 1 aliphatic heterocycles. The third kappa shape index (κ3) is 4.05. The topological polar surface area (TPSA) is 52.0 Å². The van der Waals surface area contributed by atoms with E-state index >= 15 is 0 Å².